The molecule has 0 bridgehead atoms. The van der Waals surface area contributed by atoms with E-state index >= 15 is 0 Å². The van der Waals surface area contributed by atoms with E-state index in [1.54, 1.807) is 29.3 Å². The van der Waals surface area contributed by atoms with Crippen LogP contribution in [0, 0.1) is 0 Å². The highest BCUT2D eigenvalue weighted by Gasteiger charge is 2.23. The molecule has 3 N–H and O–H groups in total. The van der Waals surface area contributed by atoms with Gasteiger partial charge in [0.2, 0.25) is 0 Å². The Morgan fingerprint density at radius 3 is 2.80 bits per heavy atom. The second-order valence-corrected chi connectivity index (χ2v) is 8.20. The third-order valence-corrected chi connectivity index (χ3v) is 6.12. The van der Waals surface area contributed by atoms with Gasteiger partial charge in [-0.2, -0.15) is 0 Å². The zero-order chi connectivity index (χ0) is 17.2. The van der Waals surface area contributed by atoms with Crippen molar-refractivity contribution in [3.8, 4) is 10.4 Å². The minimum atomic E-state index is -0.203. The van der Waals surface area contributed by atoms with E-state index in [1.165, 1.54) is 12.8 Å². The Kier molecular flexibility index (Phi) is 4.46. The van der Waals surface area contributed by atoms with Crippen molar-refractivity contribution < 1.29 is 4.79 Å². The van der Waals surface area contributed by atoms with Crippen molar-refractivity contribution in [3.63, 3.8) is 0 Å². The summed E-state index contributed by atoms with van der Waals surface area (Å²) in [6.45, 7) is 0. The highest BCUT2D eigenvalue weighted by atomic mass is 32.2. The van der Waals surface area contributed by atoms with Gasteiger partial charge < -0.3 is 11.1 Å². The van der Waals surface area contributed by atoms with Gasteiger partial charge >= 0.3 is 0 Å². The van der Waals surface area contributed by atoms with Crippen LogP contribution in [-0.4, -0.2) is 16.1 Å². The third-order valence-electron chi connectivity index (χ3n) is 3.92. The average Bonchev–Trinajstić information content (AvgIpc) is 3.26. The van der Waals surface area contributed by atoms with E-state index in [2.05, 4.69) is 10.3 Å². The summed E-state index contributed by atoms with van der Waals surface area (Å²) < 4.78 is 0. The minimum Gasteiger partial charge on any atom is -0.397 e. The summed E-state index contributed by atoms with van der Waals surface area (Å²) >= 11 is 3.43. The normalized spacial score (nSPS) is 13.6. The number of pyridine rings is 1. The number of carbonyl (C=O) groups is 1. The Hall–Kier alpha value is -2.31. The lowest BCUT2D eigenvalue weighted by atomic mass is 10.1. The summed E-state index contributed by atoms with van der Waals surface area (Å²) in [7, 11) is 0. The molecule has 0 saturated heterocycles. The average molecular weight is 367 g/mol. The number of benzene rings is 1. The van der Waals surface area contributed by atoms with Crippen LogP contribution < -0.4 is 11.1 Å². The number of nitrogens with one attached hydrogen (secondary N) is 1. The number of thioether (sulfide) groups is 1. The van der Waals surface area contributed by atoms with Gasteiger partial charge in [-0.15, -0.1) is 23.1 Å². The molecule has 25 heavy (non-hydrogen) atoms. The highest BCUT2D eigenvalue weighted by Crippen LogP contribution is 2.38. The number of amides is 1. The number of carbonyl (C=O) groups excluding carboxylic acids is 1. The van der Waals surface area contributed by atoms with Crippen LogP contribution >= 0.6 is 23.1 Å². The highest BCUT2D eigenvalue weighted by molar-refractivity contribution is 8.00. The first-order chi connectivity index (χ1) is 12.2. The summed E-state index contributed by atoms with van der Waals surface area (Å²) in [6, 6.07) is 13.4. The van der Waals surface area contributed by atoms with Crippen molar-refractivity contribution in [1.29, 1.82) is 0 Å². The summed E-state index contributed by atoms with van der Waals surface area (Å²) in [5, 5.41) is 6.59. The number of anilines is 2. The number of nitrogens with zero attached hydrogens (tertiary/aromatic N) is 1. The molecule has 6 heteroatoms. The van der Waals surface area contributed by atoms with Crippen LogP contribution in [0.2, 0.25) is 0 Å². The van der Waals surface area contributed by atoms with Crippen molar-refractivity contribution in [2.24, 2.45) is 0 Å². The van der Waals surface area contributed by atoms with Crippen LogP contribution in [-0.2, 0) is 0 Å². The van der Waals surface area contributed by atoms with E-state index in [1.807, 2.05) is 47.8 Å². The molecule has 0 unspecified atom stereocenters. The van der Waals surface area contributed by atoms with Crippen molar-refractivity contribution >= 4 is 40.4 Å². The van der Waals surface area contributed by atoms with Gasteiger partial charge in [-0.1, -0.05) is 12.1 Å². The molecule has 1 fully saturated rings. The molecule has 0 aliphatic heterocycles. The van der Waals surface area contributed by atoms with E-state index < -0.39 is 0 Å². The summed E-state index contributed by atoms with van der Waals surface area (Å²) in [5.41, 5.74) is 8.75. The van der Waals surface area contributed by atoms with E-state index in [4.69, 9.17) is 5.73 Å². The zero-order valence-electron chi connectivity index (χ0n) is 13.4. The van der Waals surface area contributed by atoms with Crippen molar-refractivity contribution in [3.05, 3.63) is 59.6 Å². The van der Waals surface area contributed by atoms with E-state index in [9.17, 15) is 4.79 Å². The fraction of sp³-hybridized carbons (Fsp3) is 0.158. The number of hydrogen-bond acceptors (Lipinski definition) is 5. The van der Waals surface area contributed by atoms with Crippen LogP contribution in [0.25, 0.3) is 10.4 Å². The monoisotopic (exact) mass is 367 g/mol. The zero-order valence-corrected chi connectivity index (χ0v) is 15.1. The van der Waals surface area contributed by atoms with Crippen LogP contribution in [0.4, 0.5) is 11.4 Å². The molecule has 1 aromatic carbocycles. The van der Waals surface area contributed by atoms with Gasteiger partial charge in [0.1, 0.15) is 0 Å². The third kappa shape index (κ3) is 3.86. The molecule has 0 atom stereocenters. The molecule has 126 valence electrons. The minimum absolute atomic E-state index is 0.203. The fourth-order valence-corrected chi connectivity index (χ4v) is 4.09. The van der Waals surface area contributed by atoms with Gasteiger partial charge in [0.05, 0.1) is 22.0 Å². The summed E-state index contributed by atoms with van der Waals surface area (Å²) in [4.78, 5) is 18.0. The smallest absolute Gasteiger partial charge is 0.257 e. The predicted octanol–water partition coefficient (Wildman–Crippen LogP) is 4.90. The molecule has 0 radical (unpaired) electrons. The molecule has 1 aliphatic rings. The largest absolute Gasteiger partial charge is 0.397 e. The van der Waals surface area contributed by atoms with Crippen molar-refractivity contribution in [1.82, 2.24) is 4.98 Å². The molecular formula is C19H17N3OS2. The number of nitrogens with two attached hydrogens (primary N) is 1. The predicted molar refractivity (Wildman–Crippen MR) is 105 cm³/mol. The molecule has 1 amide bonds. The molecule has 1 saturated carbocycles. The Morgan fingerprint density at radius 2 is 2.12 bits per heavy atom. The van der Waals surface area contributed by atoms with Gasteiger partial charge in [0.15, 0.2) is 0 Å². The number of nitrogen functional groups attached to an aromatic ring is 1. The lowest BCUT2D eigenvalue weighted by molar-refractivity contribution is 0.102. The molecule has 2 heterocycles. The lowest BCUT2D eigenvalue weighted by Crippen LogP contribution is -2.13. The first kappa shape index (κ1) is 16.2. The topological polar surface area (TPSA) is 68.0 Å². The number of aromatic nitrogens is 1. The Bertz CT molecular complexity index is 888. The molecule has 1 aliphatic carbocycles. The summed E-state index contributed by atoms with van der Waals surface area (Å²) in [6.07, 6.45) is 4.14. The molecule has 2 aromatic heterocycles. The first-order valence-corrected chi connectivity index (χ1v) is 9.82. The molecule has 4 rings (SSSR count). The number of hydrogen-bond donors (Lipinski definition) is 2. The van der Waals surface area contributed by atoms with Crippen LogP contribution in [0.1, 0.15) is 23.2 Å². The maximum atomic E-state index is 12.5. The quantitative estimate of drug-likeness (QED) is 0.630. The SMILES string of the molecule is Nc1ccc(-c2cccs2)cc1NC(=O)c1ccc(SC2CC2)nc1. The maximum absolute atomic E-state index is 12.5. The fourth-order valence-electron chi connectivity index (χ4n) is 2.40. The first-order valence-electron chi connectivity index (χ1n) is 8.06. The van der Waals surface area contributed by atoms with Crippen molar-refractivity contribution in [2.75, 3.05) is 11.1 Å². The standard InChI is InChI=1S/C19H17N3OS2/c20-15-7-3-12(17-2-1-9-24-17)10-16(15)22-19(23)13-4-8-18(21-11-13)25-14-5-6-14/h1-4,7-11,14H,5-6,20H2,(H,22,23). The number of rotatable bonds is 5. The van der Waals surface area contributed by atoms with E-state index in [0.29, 0.717) is 22.2 Å². The summed E-state index contributed by atoms with van der Waals surface area (Å²) in [5.74, 6) is -0.203. The van der Waals surface area contributed by atoms with Gasteiger partial charge in [-0.25, -0.2) is 4.98 Å². The van der Waals surface area contributed by atoms with E-state index in [-0.39, 0.29) is 5.91 Å². The maximum Gasteiger partial charge on any atom is 0.257 e. The van der Waals surface area contributed by atoms with Gasteiger partial charge in [0, 0.05) is 16.3 Å². The molecule has 0 spiro atoms. The second-order valence-electron chi connectivity index (χ2n) is 5.94. The number of thiophene rings is 1. The van der Waals surface area contributed by atoms with Gasteiger partial charge in [-0.3, -0.25) is 4.79 Å². The van der Waals surface area contributed by atoms with Crippen LogP contribution in [0.3, 0.4) is 0 Å². The van der Waals surface area contributed by atoms with E-state index in [0.717, 1.165) is 15.5 Å². The van der Waals surface area contributed by atoms with Crippen LogP contribution in [0.5, 0.6) is 0 Å². The Labute approximate surface area is 154 Å². The lowest BCUT2D eigenvalue weighted by Gasteiger charge is -2.10. The Balaban J connectivity index is 1.50. The molecular weight excluding hydrogens is 350 g/mol. The Morgan fingerprint density at radius 1 is 1.24 bits per heavy atom. The molecule has 3 aromatic rings. The van der Waals surface area contributed by atoms with Gasteiger partial charge in [-0.05, 0) is 54.1 Å². The van der Waals surface area contributed by atoms with Gasteiger partial charge in [0.25, 0.3) is 5.91 Å². The molecule has 4 nitrogen and oxygen atoms in total. The van der Waals surface area contributed by atoms with Crippen molar-refractivity contribution in [2.45, 2.75) is 23.1 Å². The second kappa shape index (κ2) is 6.90. The van der Waals surface area contributed by atoms with Crippen LogP contribution in [0.15, 0.2) is 59.1 Å².